The molecule has 1 saturated heterocycles. The van der Waals surface area contributed by atoms with Crippen molar-refractivity contribution < 1.29 is 38.4 Å². The summed E-state index contributed by atoms with van der Waals surface area (Å²) in [4.78, 5) is 40.7. The van der Waals surface area contributed by atoms with E-state index in [2.05, 4.69) is 41.5 Å². The third kappa shape index (κ3) is 5.45. The second-order valence-electron chi connectivity index (χ2n) is 17.5. The van der Waals surface area contributed by atoms with Crippen LogP contribution in [-0.2, 0) is 33.3 Å². The minimum atomic E-state index is -1.06. The van der Waals surface area contributed by atoms with Gasteiger partial charge in [0.25, 0.3) is 0 Å². The van der Waals surface area contributed by atoms with Crippen molar-refractivity contribution in [3.05, 3.63) is 11.6 Å². The standard InChI is InChI=1S/C38H61NO8/c1-21(2)23(5)34(7)13-14-36(9)26-11-12-29-35(8)19-44-20-38(29,27(26)15-30(41)37(36,10)31(34)33(42)43)16-28(47-24(6)40)32(35)46-18-25(39)17-45-22(3)4/h15,21-23,25-26,28-29,31-32H,11-14,16-20,39H2,1-10H3,(H,42,43)/t23-,25?,26+,28-,29+,31-,32+,34-,35-,36-,37+,38+/m1/s1. The summed E-state index contributed by atoms with van der Waals surface area (Å²) in [7, 11) is 0. The van der Waals surface area contributed by atoms with E-state index in [4.69, 9.17) is 24.7 Å². The number of fused-ring (bicyclic) bond motifs is 3. The zero-order valence-corrected chi connectivity index (χ0v) is 30.5. The second kappa shape index (κ2) is 12.5. The van der Waals surface area contributed by atoms with E-state index in [0.717, 1.165) is 31.3 Å². The fraction of sp³-hybridized carbons (Fsp3) is 0.868. The van der Waals surface area contributed by atoms with E-state index in [-0.39, 0.29) is 48.3 Å². The molecule has 3 N–H and O–H groups in total. The molecule has 2 bridgehead atoms. The van der Waals surface area contributed by atoms with Crippen LogP contribution in [0.15, 0.2) is 11.6 Å². The normalized spacial score (nSPS) is 44.1. The Morgan fingerprint density at radius 1 is 1.04 bits per heavy atom. The van der Waals surface area contributed by atoms with Crippen LogP contribution in [0.3, 0.4) is 0 Å². The van der Waals surface area contributed by atoms with Crippen molar-refractivity contribution >= 4 is 17.7 Å². The number of ether oxygens (including phenoxy) is 4. The number of hydrogen-bond acceptors (Lipinski definition) is 8. The first-order valence-corrected chi connectivity index (χ1v) is 18.0. The Morgan fingerprint density at radius 3 is 2.32 bits per heavy atom. The molecular formula is C38H61NO8. The number of carbonyl (C=O) groups is 3. The lowest BCUT2D eigenvalue weighted by atomic mass is 9.34. The molecule has 9 nitrogen and oxygen atoms in total. The van der Waals surface area contributed by atoms with Gasteiger partial charge in [-0.2, -0.15) is 0 Å². The lowest BCUT2D eigenvalue weighted by molar-refractivity contribution is -0.266. The Hall–Kier alpha value is -1.81. The van der Waals surface area contributed by atoms with Crippen LogP contribution < -0.4 is 5.73 Å². The van der Waals surface area contributed by atoms with Crippen LogP contribution in [0.25, 0.3) is 0 Å². The maximum Gasteiger partial charge on any atom is 0.308 e. The van der Waals surface area contributed by atoms with Gasteiger partial charge in [0.15, 0.2) is 5.78 Å². The van der Waals surface area contributed by atoms with E-state index in [9.17, 15) is 19.5 Å². The number of ketones is 1. The van der Waals surface area contributed by atoms with Gasteiger partial charge in [-0.3, -0.25) is 14.4 Å². The molecule has 12 atom stereocenters. The zero-order chi connectivity index (χ0) is 34.9. The van der Waals surface area contributed by atoms with Crippen LogP contribution in [-0.4, -0.2) is 73.6 Å². The molecule has 3 saturated carbocycles. The largest absolute Gasteiger partial charge is 0.481 e. The van der Waals surface area contributed by atoms with E-state index in [1.807, 2.05) is 26.8 Å². The Kier molecular flexibility index (Phi) is 9.70. The Labute approximate surface area is 282 Å². The lowest BCUT2D eigenvalue weighted by Crippen LogP contribution is -2.71. The van der Waals surface area contributed by atoms with Gasteiger partial charge in [0, 0.05) is 23.2 Å². The van der Waals surface area contributed by atoms with Crippen molar-refractivity contribution in [1.29, 1.82) is 0 Å². The summed E-state index contributed by atoms with van der Waals surface area (Å²) < 4.78 is 24.9. The SMILES string of the molecule is CC(=O)O[C@@H]1C[C@@]23COC[C@](C)([C@@H]2CC[C@H]2C3=CC(=O)[C@@]3(C)[C@H](C(=O)O)[C@@](C)([C@H](C)C(C)C)CC[C@]23C)[C@H]1OCC(N)COC(C)C. The molecule has 5 aliphatic rings. The van der Waals surface area contributed by atoms with Crippen molar-refractivity contribution in [2.45, 2.75) is 126 Å². The molecule has 0 aromatic heterocycles. The fourth-order valence-corrected chi connectivity index (χ4v) is 11.6. The average molecular weight is 660 g/mol. The number of allylic oxidation sites excluding steroid dienone is 1. The molecule has 5 rings (SSSR count). The van der Waals surface area contributed by atoms with Gasteiger partial charge in [-0.15, -0.1) is 0 Å². The highest BCUT2D eigenvalue weighted by Gasteiger charge is 2.74. The quantitative estimate of drug-likeness (QED) is 0.278. The molecule has 4 fully saturated rings. The molecule has 1 heterocycles. The average Bonchev–Trinajstić information content (AvgIpc) is 2.96. The Bertz CT molecular complexity index is 1280. The van der Waals surface area contributed by atoms with Crippen molar-refractivity contribution in [2.75, 3.05) is 26.4 Å². The van der Waals surface area contributed by atoms with E-state index in [0.29, 0.717) is 32.2 Å². The zero-order valence-electron chi connectivity index (χ0n) is 30.5. The number of carbonyl (C=O) groups excluding carboxylic acids is 2. The van der Waals surface area contributed by atoms with Crippen LogP contribution >= 0.6 is 0 Å². The van der Waals surface area contributed by atoms with Crippen LogP contribution in [0, 0.1) is 56.7 Å². The van der Waals surface area contributed by atoms with Crippen molar-refractivity contribution in [1.82, 2.24) is 0 Å². The van der Waals surface area contributed by atoms with Gasteiger partial charge in [0.05, 0.1) is 44.5 Å². The number of nitrogens with two attached hydrogens (primary N) is 1. The monoisotopic (exact) mass is 659 g/mol. The summed E-state index contributed by atoms with van der Waals surface area (Å²) in [6.45, 7) is 21.8. The summed E-state index contributed by atoms with van der Waals surface area (Å²) >= 11 is 0. The molecule has 266 valence electrons. The molecule has 0 aromatic rings. The lowest BCUT2D eigenvalue weighted by Gasteiger charge is -2.70. The van der Waals surface area contributed by atoms with Gasteiger partial charge < -0.3 is 29.8 Å². The van der Waals surface area contributed by atoms with E-state index < -0.39 is 51.2 Å². The van der Waals surface area contributed by atoms with Gasteiger partial charge in [0.2, 0.25) is 0 Å². The molecule has 47 heavy (non-hydrogen) atoms. The number of carboxylic acid groups (broad SMARTS) is 1. The third-order valence-corrected chi connectivity index (χ3v) is 14.4. The third-order valence-electron chi connectivity index (χ3n) is 14.4. The van der Waals surface area contributed by atoms with Gasteiger partial charge in [-0.25, -0.2) is 0 Å². The van der Waals surface area contributed by atoms with Crippen molar-refractivity contribution in [3.8, 4) is 0 Å². The first kappa shape index (κ1) is 36.5. The maximum atomic E-state index is 14.8. The molecule has 0 aromatic carbocycles. The first-order valence-electron chi connectivity index (χ1n) is 18.0. The highest BCUT2D eigenvalue weighted by atomic mass is 16.6. The van der Waals surface area contributed by atoms with Crippen molar-refractivity contribution in [2.24, 2.45) is 62.4 Å². The van der Waals surface area contributed by atoms with E-state index in [1.165, 1.54) is 6.92 Å². The summed E-state index contributed by atoms with van der Waals surface area (Å²) in [5.41, 5.74) is 4.32. The smallest absolute Gasteiger partial charge is 0.308 e. The van der Waals surface area contributed by atoms with Crippen molar-refractivity contribution in [3.63, 3.8) is 0 Å². The van der Waals surface area contributed by atoms with Gasteiger partial charge in [-0.1, -0.05) is 54.0 Å². The highest BCUT2D eigenvalue weighted by molar-refractivity contribution is 6.00. The Balaban J connectivity index is 1.57. The van der Waals surface area contributed by atoms with Crippen LogP contribution in [0.2, 0.25) is 0 Å². The topological polar surface area (TPSA) is 134 Å². The predicted octanol–water partition coefficient (Wildman–Crippen LogP) is 5.82. The molecule has 9 heteroatoms. The predicted molar refractivity (Wildman–Crippen MR) is 178 cm³/mol. The number of carboxylic acids is 1. The molecule has 4 aliphatic carbocycles. The molecule has 1 aliphatic heterocycles. The number of hydrogen-bond donors (Lipinski definition) is 2. The summed E-state index contributed by atoms with van der Waals surface area (Å²) in [5.74, 6) is -1.55. The molecule has 0 spiro atoms. The maximum absolute atomic E-state index is 14.8. The summed E-state index contributed by atoms with van der Waals surface area (Å²) in [6.07, 6.45) is 4.70. The Morgan fingerprint density at radius 2 is 1.72 bits per heavy atom. The summed E-state index contributed by atoms with van der Waals surface area (Å²) in [5, 5.41) is 10.9. The van der Waals surface area contributed by atoms with Gasteiger partial charge >= 0.3 is 11.9 Å². The number of aliphatic carboxylic acids is 1. The minimum absolute atomic E-state index is 0.0187. The highest BCUT2D eigenvalue weighted by Crippen LogP contribution is 2.74. The molecule has 0 radical (unpaired) electrons. The van der Waals surface area contributed by atoms with Gasteiger partial charge in [0.1, 0.15) is 12.2 Å². The summed E-state index contributed by atoms with van der Waals surface area (Å²) in [6, 6.07) is -0.334. The fourth-order valence-electron chi connectivity index (χ4n) is 11.6. The molecule has 1 unspecified atom stereocenters. The van der Waals surface area contributed by atoms with E-state index >= 15 is 0 Å². The molecule has 0 amide bonds. The first-order chi connectivity index (χ1) is 21.8. The number of rotatable bonds is 10. The van der Waals surface area contributed by atoms with Crippen LogP contribution in [0.4, 0.5) is 0 Å². The molecular weight excluding hydrogens is 598 g/mol. The minimum Gasteiger partial charge on any atom is -0.481 e. The van der Waals surface area contributed by atoms with Gasteiger partial charge in [-0.05, 0) is 86.5 Å². The second-order valence-corrected chi connectivity index (χ2v) is 17.5. The number of esters is 1. The van der Waals surface area contributed by atoms with Crippen LogP contribution in [0.5, 0.6) is 0 Å². The van der Waals surface area contributed by atoms with Crippen LogP contribution in [0.1, 0.15) is 101 Å². The van der Waals surface area contributed by atoms with E-state index in [1.54, 1.807) is 0 Å².